The molecule has 4 rings (SSSR count). The number of hydrogen-bond acceptors (Lipinski definition) is 4. The molecule has 0 aliphatic heterocycles. The van der Waals surface area contributed by atoms with E-state index in [4.69, 9.17) is 4.74 Å². The zero-order valence-corrected chi connectivity index (χ0v) is 17.8. The molecule has 5 heteroatoms. The molecular formula is C22H34O4S. The monoisotopic (exact) mass is 394 g/mol. The average molecular weight is 395 g/mol. The molecule has 0 heterocycles. The van der Waals surface area contributed by atoms with Gasteiger partial charge in [0.15, 0.2) is 0 Å². The second-order valence-corrected chi connectivity index (χ2v) is 11.4. The second kappa shape index (κ2) is 6.98. The Balaban J connectivity index is 1.63. The average Bonchev–Trinajstić information content (AvgIpc) is 3.00. The maximum Gasteiger partial charge on any atom is 0.309 e. The number of hydrogen-bond donors (Lipinski definition) is 1. The highest BCUT2D eigenvalue weighted by molar-refractivity contribution is 7.89. The lowest BCUT2D eigenvalue weighted by molar-refractivity contribution is -0.146. The van der Waals surface area contributed by atoms with Crippen LogP contribution in [0.3, 0.4) is 0 Å². The lowest BCUT2D eigenvalue weighted by Crippen LogP contribution is -2.44. The number of carbonyl (C=O) groups excluding carboxylic acids is 1. The Morgan fingerprint density at radius 3 is 2.67 bits per heavy atom. The standard InChI is InChI=1S/C22H34O4S/c1-21(2)16-8-9-22(21,19(23)12-16)13-27(25)18-11-15(20(24)26-3)10-14-6-4-5-7-17(14)18/h14-16,19,23H,4-13H2,1-3H3/t14-,15-,16+,19+,22+,27?/m0/s1. The van der Waals surface area contributed by atoms with E-state index in [1.807, 2.05) is 0 Å². The van der Waals surface area contributed by atoms with Crippen molar-refractivity contribution in [3.8, 4) is 0 Å². The number of carbonyl (C=O) groups is 1. The molecule has 4 aliphatic carbocycles. The van der Waals surface area contributed by atoms with Gasteiger partial charge in [0, 0.05) is 26.9 Å². The number of ether oxygens (including phenoxy) is 1. The third kappa shape index (κ3) is 2.95. The number of allylic oxidation sites excluding steroid dienone is 2. The van der Waals surface area contributed by atoms with Crippen LogP contribution >= 0.6 is 0 Å². The van der Waals surface area contributed by atoms with E-state index in [-0.39, 0.29) is 28.8 Å². The fourth-order valence-electron chi connectivity index (χ4n) is 6.78. The Labute approximate surface area is 165 Å². The number of esters is 1. The summed E-state index contributed by atoms with van der Waals surface area (Å²) in [4.78, 5) is 13.3. The smallest absolute Gasteiger partial charge is 0.309 e. The van der Waals surface area contributed by atoms with Crippen molar-refractivity contribution >= 4 is 16.8 Å². The second-order valence-electron chi connectivity index (χ2n) is 9.91. The molecule has 4 nitrogen and oxygen atoms in total. The van der Waals surface area contributed by atoms with Crippen LogP contribution in [0, 0.1) is 28.6 Å². The first-order valence-corrected chi connectivity index (χ1v) is 12.0. The fourth-order valence-corrected chi connectivity index (χ4v) is 9.08. The lowest BCUT2D eigenvalue weighted by atomic mass is 9.70. The van der Waals surface area contributed by atoms with Gasteiger partial charge in [0.2, 0.25) is 0 Å². The van der Waals surface area contributed by atoms with Crippen LogP contribution in [0.25, 0.3) is 0 Å². The van der Waals surface area contributed by atoms with Crippen LogP contribution in [0.1, 0.15) is 71.6 Å². The Morgan fingerprint density at radius 1 is 1.26 bits per heavy atom. The van der Waals surface area contributed by atoms with Gasteiger partial charge in [0.05, 0.1) is 19.1 Å². The summed E-state index contributed by atoms with van der Waals surface area (Å²) < 4.78 is 18.7. The first-order chi connectivity index (χ1) is 12.8. The molecular weight excluding hydrogens is 360 g/mol. The molecule has 152 valence electrons. The largest absolute Gasteiger partial charge is 0.469 e. The van der Waals surface area contributed by atoms with Gasteiger partial charge in [-0.1, -0.05) is 25.8 Å². The third-order valence-electron chi connectivity index (χ3n) is 8.69. The van der Waals surface area contributed by atoms with Gasteiger partial charge in [-0.25, -0.2) is 0 Å². The molecule has 6 atom stereocenters. The van der Waals surface area contributed by atoms with Crippen LogP contribution in [0.15, 0.2) is 10.5 Å². The van der Waals surface area contributed by atoms with Crippen molar-refractivity contribution in [2.75, 3.05) is 12.9 Å². The number of rotatable bonds is 4. The van der Waals surface area contributed by atoms with Gasteiger partial charge in [-0.2, -0.15) is 0 Å². The van der Waals surface area contributed by atoms with Crippen molar-refractivity contribution in [2.45, 2.75) is 77.7 Å². The molecule has 27 heavy (non-hydrogen) atoms. The van der Waals surface area contributed by atoms with E-state index in [1.54, 1.807) is 0 Å². The minimum absolute atomic E-state index is 0.0374. The van der Waals surface area contributed by atoms with E-state index in [9.17, 15) is 14.1 Å². The Hall–Kier alpha value is -0.680. The molecule has 0 radical (unpaired) electrons. The molecule has 0 amide bonds. The highest BCUT2D eigenvalue weighted by Gasteiger charge is 2.64. The third-order valence-corrected chi connectivity index (χ3v) is 10.4. The topological polar surface area (TPSA) is 63.6 Å². The van der Waals surface area contributed by atoms with Crippen molar-refractivity contribution in [2.24, 2.45) is 28.6 Å². The zero-order chi connectivity index (χ0) is 19.4. The van der Waals surface area contributed by atoms with E-state index < -0.39 is 10.8 Å². The Morgan fingerprint density at radius 2 is 2.04 bits per heavy atom. The number of fused-ring (bicyclic) bond motifs is 3. The molecule has 3 fully saturated rings. The van der Waals surface area contributed by atoms with E-state index in [0.29, 0.717) is 24.0 Å². The summed E-state index contributed by atoms with van der Waals surface area (Å²) in [5.74, 6) is 1.17. The minimum atomic E-state index is -1.12. The Bertz CT molecular complexity index is 682. The first kappa shape index (κ1) is 19.6. The van der Waals surface area contributed by atoms with Crippen molar-refractivity contribution in [3.05, 3.63) is 10.5 Å². The fraction of sp³-hybridized carbons (Fsp3) is 0.864. The van der Waals surface area contributed by atoms with Gasteiger partial charge in [-0.3, -0.25) is 9.00 Å². The molecule has 4 aliphatic rings. The van der Waals surface area contributed by atoms with Crippen molar-refractivity contribution < 1.29 is 18.8 Å². The quantitative estimate of drug-likeness (QED) is 0.734. The molecule has 2 bridgehead atoms. The number of aliphatic hydroxyl groups is 1. The van der Waals surface area contributed by atoms with E-state index in [1.165, 1.54) is 19.1 Å². The number of aliphatic hydroxyl groups excluding tert-OH is 1. The number of methoxy groups -OCH3 is 1. The summed E-state index contributed by atoms with van der Waals surface area (Å²) in [6.45, 7) is 4.52. The molecule has 0 aromatic rings. The van der Waals surface area contributed by atoms with Crippen molar-refractivity contribution in [3.63, 3.8) is 0 Å². The van der Waals surface area contributed by atoms with Gasteiger partial charge >= 0.3 is 5.97 Å². The van der Waals surface area contributed by atoms with Crippen LogP contribution in [-0.4, -0.2) is 34.3 Å². The maximum atomic E-state index is 13.7. The molecule has 3 saturated carbocycles. The van der Waals surface area contributed by atoms with Crippen LogP contribution in [0.4, 0.5) is 0 Å². The van der Waals surface area contributed by atoms with Crippen molar-refractivity contribution in [1.29, 1.82) is 0 Å². The Kier molecular flexibility index (Phi) is 5.07. The van der Waals surface area contributed by atoms with Crippen LogP contribution in [0.2, 0.25) is 0 Å². The highest BCUT2D eigenvalue weighted by atomic mass is 32.2. The summed E-state index contributed by atoms with van der Waals surface area (Å²) in [5.41, 5.74) is 1.17. The predicted octanol–water partition coefficient (Wildman–Crippen LogP) is 3.95. The summed E-state index contributed by atoms with van der Waals surface area (Å²) in [6.07, 6.45) is 8.55. The van der Waals surface area contributed by atoms with Crippen LogP contribution in [0.5, 0.6) is 0 Å². The van der Waals surface area contributed by atoms with E-state index >= 15 is 0 Å². The van der Waals surface area contributed by atoms with Gasteiger partial charge in [0.25, 0.3) is 0 Å². The maximum absolute atomic E-state index is 13.7. The molecule has 0 aromatic carbocycles. The van der Waals surface area contributed by atoms with Gasteiger partial charge < -0.3 is 9.84 Å². The van der Waals surface area contributed by atoms with E-state index in [0.717, 1.165) is 49.9 Å². The predicted molar refractivity (Wildman–Crippen MR) is 106 cm³/mol. The first-order valence-electron chi connectivity index (χ1n) is 10.7. The summed E-state index contributed by atoms with van der Waals surface area (Å²) in [6, 6.07) is 0. The molecule has 1 unspecified atom stereocenters. The van der Waals surface area contributed by atoms with Gasteiger partial charge in [-0.15, -0.1) is 0 Å². The molecule has 0 saturated heterocycles. The summed E-state index contributed by atoms with van der Waals surface area (Å²) in [5, 5.41) is 10.8. The van der Waals surface area contributed by atoms with Gasteiger partial charge in [0.1, 0.15) is 0 Å². The molecule has 0 spiro atoms. The molecule has 1 N–H and O–H groups in total. The summed E-state index contributed by atoms with van der Waals surface area (Å²) >= 11 is 0. The highest BCUT2D eigenvalue weighted by Crippen LogP contribution is 2.66. The van der Waals surface area contributed by atoms with E-state index in [2.05, 4.69) is 13.8 Å². The van der Waals surface area contributed by atoms with Crippen LogP contribution in [-0.2, 0) is 20.3 Å². The lowest BCUT2D eigenvalue weighted by Gasteiger charge is -2.41. The molecule has 0 aromatic heterocycles. The summed E-state index contributed by atoms with van der Waals surface area (Å²) in [7, 11) is 0.331. The zero-order valence-electron chi connectivity index (χ0n) is 17.0. The normalized spacial score (nSPS) is 41.3. The SMILES string of the molecule is COC(=O)[C@@H]1CC(S(=O)C[C@]23CC[C@H](C[C@H]2O)C3(C)C)=C2CCCC[C@H]2C1. The van der Waals surface area contributed by atoms with Crippen LogP contribution < -0.4 is 0 Å². The van der Waals surface area contributed by atoms with Crippen molar-refractivity contribution in [1.82, 2.24) is 0 Å². The minimum Gasteiger partial charge on any atom is -0.469 e. The van der Waals surface area contributed by atoms with Gasteiger partial charge in [-0.05, 0) is 68.6 Å².